The SMILES string of the molecule is C=CCCCCC1(CCCCC=C)c2ccccc2-c2ccccc21. The quantitative estimate of drug-likeness (QED) is 0.313. The van der Waals surface area contributed by atoms with Crippen LogP contribution in [0, 0.1) is 0 Å². The highest BCUT2D eigenvalue weighted by molar-refractivity contribution is 5.80. The Morgan fingerprint density at radius 2 is 1.08 bits per heavy atom. The minimum Gasteiger partial charge on any atom is -0.103 e. The molecule has 130 valence electrons. The molecule has 2 aromatic carbocycles. The largest absolute Gasteiger partial charge is 0.103 e. The number of unbranched alkanes of at least 4 members (excludes halogenated alkanes) is 4. The first kappa shape index (κ1) is 17.7. The summed E-state index contributed by atoms with van der Waals surface area (Å²) in [5.74, 6) is 0. The highest BCUT2D eigenvalue weighted by Crippen LogP contribution is 2.53. The van der Waals surface area contributed by atoms with E-state index < -0.39 is 0 Å². The second-order valence-corrected chi connectivity index (χ2v) is 7.24. The zero-order chi connectivity index (χ0) is 17.5. The summed E-state index contributed by atoms with van der Waals surface area (Å²) in [6, 6.07) is 18.2. The van der Waals surface area contributed by atoms with Gasteiger partial charge in [0.25, 0.3) is 0 Å². The fourth-order valence-corrected chi connectivity index (χ4v) is 4.51. The first-order valence-corrected chi connectivity index (χ1v) is 9.74. The summed E-state index contributed by atoms with van der Waals surface area (Å²) in [5, 5.41) is 0. The van der Waals surface area contributed by atoms with E-state index in [9.17, 15) is 0 Å². The average Bonchev–Trinajstić information content (AvgIpc) is 2.94. The lowest BCUT2D eigenvalue weighted by Crippen LogP contribution is -2.25. The Morgan fingerprint density at radius 1 is 0.640 bits per heavy atom. The fourth-order valence-electron chi connectivity index (χ4n) is 4.51. The lowest BCUT2D eigenvalue weighted by molar-refractivity contribution is 0.408. The van der Waals surface area contributed by atoms with Crippen molar-refractivity contribution in [1.29, 1.82) is 0 Å². The van der Waals surface area contributed by atoms with Crippen molar-refractivity contribution < 1.29 is 0 Å². The van der Waals surface area contributed by atoms with Gasteiger partial charge in [-0.25, -0.2) is 0 Å². The molecular formula is C25H30. The lowest BCUT2D eigenvalue weighted by atomic mass is 9.70. The Hall–Kier alpha value is -2.08. The maximum atomic E-state index is 3.88. The maximum absolute atomic E-state index is 3.88. The third-order valence-electron chi connectivity index (χ3n) is 5.70. The summed E-state index contributed by atoms with van der Waals surface area (Å²) in [6.07, 6.45) is 13.8. The highest BCUT2D eigenvalue weighted by Gasteiger charge is 2.41. The normalized spacial score (nSPS) is 13.9. The van der Waals surface area contributed by atoms with Crippen LogP contribution in [0.4, 0.5) is 0 Å². The number of benzene rings is 2. The molecule has 0 heteroatoms. The average molecular weight is 331 g/mol. The molecule has 0 saturated heterocycles. The van der Waals surface area contributed by atoms with Gasteiger partial charge in [-0.1, -0.05) is 73.5 Å². The summed E-state index contributed by atoms with van der Waals surface area (Å²) in [5.41, 5.74) is 6.19. The molecule has 0 aromatic heterocycles. The Labute approximate surface area is 153 Å². The molecule has 0 saturated carbocycles. The summed E-state index contributed by atoms with van der Waals surface area (Å²) in [7, 11) is 0. The maximum Gasteiger partial charge on any atom is 0.0215 e. The van der Waals surface area contributed by atoms with Gasteiger partial charge < -0.3 is 0 Å². The molecule has 2 aromatic rings. The first-order valence-electron chi connectivity index (χ1n) is 9.74. The number of hydrogen-bond donors (Lipinski definition) is 0. The zero-order valence-corrected chi connectivity index (χ0v) is 15.3. The van der Waals surface area contributed by atoms with Crippen LogP contribution in [0.2, 0.25) is 0 Å². The fraction of sp³-hybridized carbons (Fsp3) is 0.360. The van der Waals surface area contributed by atoms with Crippen molar-refractivity contribution in [3.05, 3.63) is 85.0 Å². The van der Waals surface area contributed by atoms with Crippen LogP contribution in [0.1, 0.15) is 62.5 Å². The molecule has 0 bridgehead atoms. The van der Waals surface area contributed by atoms with Crippen LogP contribution in [-0.4, -0.2) is 0 Å². The van der Waals surface area contributed by atoms with Crippen molar-refractivity contribution >= 4 is 0 Å². The summed E-state index contributed by atoms with van der Waals surface area (Å²) >= 11 is 0. The van der Waals surface area contributed by atoms with Gasteiger partial charge in [0, 0.05) is 5.41 Å². The van der Waals surface area contributed by atoms with Gasteiger partial charge in [0.15, 0.2) is 0 Å². The third-order valence-corrected chi connectivity index (χ3v) is 5.70. The number of fused-ring (bicyclic) bond motifs is 3. The van der Waals surface area contributed by atoms with Crippen LogP contribution in [0.25, 0.3) is 11.1 Å². The molecule has 0 nitrogen and oxygen atoms in total. The van der Waals surface area contributed by atoms with Crippen LogP contribution in [0.3, 0.4) is 0 Å². The molecule has 1 aliphatic carbocycles. The van der Waals surface area contributed by atoms with Gasteiger partial charge in [-0.15, -0.1) is 13.2 Å². The van der Waals surface area contributed by atoms with E-state index in [2.05, 4.69) is 61.7 Å². The molecule has 0 fully saturated rings. The zero-order valence-electron chi connectivity index (χ0n) is 15.3. The van der Waals surface area contributed by atoms with E-state index in [-0.39, 0.29) is 5.41 Å². The predicted octanol–water partition coefficient (Wildman–Crippen LogP) is 7.45. The molecule has 25 heavy (non-hydrogen) atoms. The van der Waals surface area contributed by atoms with Crippen LogP contribution >= 0.6 is 0 Å². The van der Waals surface area contributed by atoms with Crippen molar-refractivity contribution in [2.45, 2.75) is 56.8 Å². The Morgan fingerprint density at radius 3 is 1.52 bits per heavy atom. The van der Waals surface area contributed by atoms with E-state index in [0.717, 1.165) is 12.8 Å². The van der Waals surface area contributed by atoms with Crippen molar-refractivity contribution in [1.82, 2.24) is 0 Å². The second-order valence-electron chi connectivity index (χ2n) is 7.24. The van der Waals surface area contributed by atoms with E-state index in [1.165, 1.54) is 49.7 Å². The van der Waals surface area contributed by atoms with Crippen molar-refractivity contribution in [3.63, 3.8) is 0 Å². The van der Waals surface area contributed by atoms with Gasteiger partial charge >= 0.3 is 0 Å². The van der Waals surface area contributed by atoms with Crippen LogP contribution in [0.5, 0.6) is 0 Å². The topological polar surface area (TPSA) is 0 Å². The molecule has 0 unspecified atom stereocenters. The van der Waals surface area contributed by atoms with Gasteiger partial charge in [-0.2, -0.15) is 0 Å². The molecule has 1 aliphatic rings. The van der Waals surface area contributed by atoms with Gasteiger partial charge in [0.1, 0.15) is 0 Å². The Balaban J connectivity index is 1.96. The van der Waals surface area contributed by atoms with E-state index in [1.54, 1.807) is 11.1 Å². The number of allylic oxidation sites excluding steroid dienone is 2. The number of hydrogen-bond acceptors (Lipinski definition) is 0. The Bertz CT molecular complexity index is 659. The molecule has 0 spiro atoms. The molecule has 0 N–H and O–H groups in total. The second kappa shape index (κ2) is 8.34. The van der Waals surface area contributed by atoms with E-state index >= 15 is 0 Å². The summed E-state index contributed by atoms with van der Waals surface area (Å²) in [6.45, 7) is 7.76. The first-order chi connectivity index (χ1) is 12.3. The van der Waals surface area contributed by atoms with E-state index in [4.69, 9.17) is 0 Å². The van der Waals surface area contributed by atoms with Crippen LogP contribution < -0.4 is 0 Å². The predicted molar refractivity (Wildman–Crippen MR) is 110 cm³/mol. The highest BCUT2D eigenvalue weighted by atomic mass is 14.4. The van der Waals surface area contributed by atoms with Gasteiger partial charge in [-0.05, 0) is 60.8 Å². The monoisotopic (exact) mass is 330 g/mol. The van der Waals surface area contributed by atoms with Crippen LogP contribution in [0.15, 0.2) is 73.8 Å². The van der Waals surface area contributed by atoms with E-state index in [0.29, 0.717) is 0 Å². The molecule has 3 rings (SSSR count). The van der Waals surface area contributed by atoms with Crippen molar-refractivity contribution in [2.24, 2.45) is 0 Å². The van der Waals surface area contributed by atoms with Crippen molar-refractivity contribution in [3.8, 4) is 11.1 Å². The standard InChI is InChI=1S/C25H30/c1-3-5-7-13-19-25(20-14-8-6-4-2)23-17-11-9-15-21(23)22-16-10-12-18-24(22)25/h3-4,9-12,15-18H,1-2,5-8,13-14,19-20H2. The Kier molecular flexibility index (Phi) is 5.91. The van der Waals surface area contributed by atoms with Gasteiger partial charge in [-0.3, -0.25) is 0 Å². The molecular weight excluding hydrogens is 300 g/mol. The smallest absolute Gasteiger partial charge is 0.0215 e. The molecule has 0 amide bonds. The third kappa shape index (κ3) is 3.49. The summed E-state index contributed by atoms with van der Waals surface area (Å²) in [4.78, 5) is 0. The molecule has 0 radical (unpaired) electrons. The number of rotatable bonds is 10. The molecule has 0 heterocycles. The lowest BCUT2D eigenvalue weighted by Gasteiger charge is -2.32. The van der Waals surface area contributed by atoms with E-state index in [1.807, 2.05) is 12.2 Å². The minimum atomic E-state index is 0.190. The van der Waals surface area contributed by atoms with Crippen molar-refractivity contribution in [2.75, 3.05) is 0 Å². The van der Waals surface area contributed by atoms with Gasteiger partial charge in [0.2, 0.25) is 0 Å². The molecule has 0 aliphatic heterocycles. The minimum absolute atomic E-state index is 0.190. The van der Waals surface area contributed by atoms with Crippen LogP contribution in [-0.2, 0) is 5.41 Å². The molecule has 0 atom stereocenters. The van der Waals surface area contributed by atoms with Gasteiger partial charge in [0.05, 0.1) is 0 Å². The summed E-state index contributed by atoms with van der Waals surface area (Å²) < 4.78 is 0.